The molecule has 1 N–H and O–H groups in total. The molecule has 1 aliphatic rings. The van der Waals surface area contributed by atoms with Gasteiger partial charge in [0.25, 0.3) is 0 Å². The lowest BCUT2D eigenvalue weighted by Crippen LogP contribution is -2.19. The van der Waals surface area contributed by atoms with Crippen LogP contribution in [0.2, 0.25) is 10.0 Å². The van der Waals surface area contributed by atoms with E-state index in [2.05, 4.69) is 12.2 Å². The van der Waals surface area contributed by atoms with Crippen molar-refractivity contribution in [1.82, 2.24) is 5.32 Å². The number of rotatable bonds is 5. The highest BCUT2D eigenvalue weighted by molar-refractivity contribution is 6.34. The van der Waals surface area contributed by atoms with Crippen molar-refractivity contribution in [3.8, 4) is 5.75 Å². The summed E-state index contributed by atoms with van der Waals surface area (Å²) in [6.07, 6.45) is 1.24. The molecule has 2 rings (SSSR count). The van der Waals surface area contributed by atoms with Crippen molar-refractivity contribution in [2.24, 2.45) is 11.8 Å². The lowest BCUT2D eigenvalue weighted by atomic mass is 10.0. The Kier molecular flexibility index (Phi) is 4.41. The number of nitrogens with one attached hydrogen (secondary N) is 1. The Bertz CT molecular complexity index is 436. The van der Waals surface area contributed by atoms with Gasteiger partial charge >= 0.3 is 0 Å². The van der Waals surface area contributed by atoms with E-state index in [9.17, 15) is 0 Å². The number of hydrogen-bond donors (Lipinski definition) is 1. The number of ether oxygens (including phenoxy) is 1. The van der Waals surface area contributed by atoms with Gasteiger partial charge in [0.2, 0.25) is 0 Å². The average Bonchev–Trinajstić information content (AvgIpc) is 3.03. The molecule has 4 heteroatoms. The van der Waals surface area contributed by atoms with E-state index >= 15 is 0 Å². The van der Waals surface area contributed by atoms with Crippen LogP contribution in [-0.2, 0) is 0 Å². The lowest BCUT2D eigenvalue weighted by Gasteiger charge is -2.19. The molecule has 0 radical (unpaired) electrons. The largest absolute Gasteiger partial charge is 0.492 e. The molecule has 1 saturated carbocycles. The Labute approximate surface area is 119 Å². The van der Waals surface area contributed by atoms with Gasteiger partial charge in [-0.3, -0.25) is 0 Å². The van der Waals surface area contributed by atoms with Gasteiger partial charge in [-0.1, -0.05) is 30.1 Å². The molecular weight excluding hydrogens is 269 g/mol. The molecule has 1 aromatic carbocycles. The van der Waals surface area contributed by atoms with E-state index in [0.717, 1.165) is 16.5 Å². The summed E-state index contributed by atoms with van der Waals surface area (Å²) in [7, 11) is 1.97. The van der Waals surface area contributed by atoms with Crippen molar-refractivity contribution in [3.05, 3.63) is 27.7 Å². The Morgan fingerprint density at radius 2 is 2.06 bits per heavy atom. The highest BCUT2D eigenvalue weighted by atomic mass is 35.5. The van der Waals surface area contributed by atoms with Crippen molar-refractivity contribution in [3.63, 3.8) is 0 Å². The SMILES string of the molecule is CCOc1cc(Cl)c(C(NC)C2CC2C)cc1Cl. The Hall–Kier alpha value is -0.440. The number of hydrogen-bond acceptors (Lipinski definition) is 2. The van der Waals surface area contributed by atoms with Gasteiger partial charge in [0.15, 0.2) is 0 Å². The first-order valence-corrected chi connectivity index (χ1v) is 7.13. The second-order valence-corrected chi connectivity index (χ2v) is 5.69. The number of benzene rings is 1. The predicted molar refractivity (Wildman–Crippen MR) is 76.7 cm³/mol. The normalized spacial score (nSPS) is 23.8. The zero-order valence-electron chi connectivity index (χ0n) is 11.0. The zero-order valence-corrected chi connectivity index (χ0v) is 12.5. The summed E-state index contributed by atoms with van der Waals surface area (Å²) in [5, 5.41) is 4.70. The molecule has 0 aromatic heterocycles. The van der Waals surface area contributed by atoms with Gasteiger partial charge in [-0.15, -0.1) is 0 Å². The summed E-state index contributed by atoms with van der Waals surface area (Å²) in [6.45, 7) is 4.78. The minimum absolute atomic E-state index is 0.278. The van der Waals surface area contributed by atoms with Gasteiger partial charge in [0, 0.05) is 17.1 Å². The molecule has 3 unspecified atom stereocenters. The van der Waals surface area contributed by atoms with E-state index in [4.69, 9.17) is 27.9 Å². The van der Waals surface area contributed by atoms with Gasteiger partial charge in [-0.2, -0.15) is 0 Å². The van der Waals surface area contributed by atoms with Gasteiger partial charge < -0.3 is 10.1 Å². The highest BCUT2D eigenvalue weighted by Crippen LogP contribution is 2.49. The molecule has 0 amide bonds. The fourth-order valence-corrected chi connectivity index (χ4v) is 2.96. The van der Waals surface area contributed by atoms with E-state index in [1.807, 2.05) is 26.1 Å². The molecule has 3 atom stereocenters. The second-order valence-electron chi connectivity index (χ2n) is 4.88. The minimum Gasteiger partial charge on any atom is -0.492 e. The van der Waals surface area contributed by atoms with Crippen molar-refractivity contribution in [1.29, 1.82) is 0 Å². The first-order valence-electron chi connectivity index (χ1n) is 6.37. The van der Waals surface area contributed by atoms with Gasteiger partial charge in [0.1, 0.15) is 5.75 Å². The smallest absolute Gasteiger partial charge is 0.139 e. The van der Waals surface area contributed by atoms with Gasteiger partial charge in [-0.25, -0.2) is 0 Å². The predicted octanol–water partition coefficient (Wildman–Crippen LogP) is 4.31. The first-order chi connectivity index (χ1) is 8.58. The van der Waals surface area contributed by atoms with Crippen LogP contribution in [0.25, 0.3) is 0 Å². The van der Waals surface area contributed by atoms with Crippen LogP contribution in [0.3, 0.4) is 0 Å². The van der Waals surface area contributed by atoms with Crippen molar-refractivity contribution in [2.75, 3.05) is 13.7 Å². The van der Waals surface area contributed by atoms with Gasteiger partial charge in [-0.05, 0) is 43.9 Å². The third-order valence-corrected chi connectivity index (χ3v) is 4.22. The molecule has 18 heavy (non-hydrogen) atoms. The zero-order chi connectivity index (χ0) is 13.3. The van der Waals surface area contributed by atoms with Crippen LogP contribution in [0.1, 0.15) is 31.9 Å². The third-order valence-electron chi connectivity index (χ3n) is 3.60. The summed E-state index contributed by atoms with van der Waals surface area (Å²) >= 11 is 12.6. The summed E-state index contributed by atoms with van der Waals surface area (Å²) in [5.74, 6) is 2.07. The Morgan fingerprint density at radius 1 is 1.39 bits per heavy atom. The molecule has 0 spiro atoms. The van der Waals surface area contributed by atoms with Crippen molar-refractivity contribution < 1.29 is 4.74 Å². The second kappa shape index (κ2) is 5.68. The van der Waals surface area contributed by atoms with E-state index in [1.165, 1.54) is 6.42 Å². The molecule has 100 valence electrons. The Balaban J connectivity index is 2.30. The standard InChI is InChI=1S/C14H19Cl2NO/c1-4-18-13-7-11(15)10(6-12(13)16)14(17-3)9-5-8(9)2/h6-9,14,17H,4-5H2,1-3H3. The van der Waals surface area contributed by atoms with Crippen LogP contribution in [-0.4, -0.2) is 13.7 Å². The maximum absolute atomic E-state index is 6.35. The van der Waals surface area contributed by atoms with E-state index < -0.39 is 0 Å². The van der Waals surface area contributed by atoms with Crippen LogP contribution in [0, 0.1) is 11.8 Å². The summed E-state index contributed by atoms with van der Waals surface area (Å²) in [6, 6.07) is 4.03. The first kappa shape index (κ1) is 14.0. The fraction of sp³-hybridized carbons (Fsp3) is 0.571. The van der Waals surface area contributed by atoms with E-state index in [1.54, 1.807) is 0 Å². The highest BCUT2D eigenvalue weighted by Gasteiger charge is 2.40. The summed E-state index contributed by atoms with van der Waals surface area (Å²) in [4.78, 5) is 0. The maximum Gasteiger partial charge on any atom is 0.139 e. The van der Waals surface area contributed by atoms with Crippen LogP contribution in [0.15, 0.2) is 12.1 Å². The molecule has 0 heterocycles. The quantitative estimate of drug-likeness (QED) is 0.871. The topological polar surface area (TPSA) is 21.3 Å². The number of halogens is 2. The molecule has 0 bridgehead atoms. The van der Waals surface area contributed by atoms with Crippen LogP contribution >= 0.6 is 23.2 Å². The van der Waals surface area contributed by atoms with E-state index in [0.29, 0.717) is 23.3 Å². The molecule has 1 aromatic rings. The van der Waals surface area contributed by atoms with Crippen molar-refractivity contribution >= 4 is 23.2 Å². The third kappa shape index (κ3) is 2.76. The van der Waals surface area contributed by atoms with Crippen LogP contribution in [0.4, 0.5) is 0 Å². The molecule has 0 saturated heterocycles. The van der Waals surface area contributed by atoms with Crippen LogP contribution < -0.4 is 10.1 Å². The van der Waals surface area contributed by atoms with E-state index in [-0.39, 0.29) is 6.04 Å². The summed E-state index contributed by atoms with van der Waals surface area (Å²) in [5.41, 5.74) is 1.07. The lowest BCUT2D eigenvalue weighted by molar-refractivity contribution is 0.340. The van der Waals surface area contributed by atoms with Crippen LogP contribution in [0.5, 0.6) is 5.75 Å². The Morgan fingerprint density at radius 3 is 2.56 bits per heavy atom. The fourth-order valence-electron chi connectivity index (χ4n) is 2.46. The molecule has 1 aliphatic carbocycles. The molecular formula is C14H19Cl2NO. The van der Waals surface area contributed by atoms with Gasteiger partial charge in [0.05, 0.1) is 11.6 Å². The molecule has 0 aliphatic heterocycles. The van der Waals surface area contributed by atoms with Crippen molar-refractivity contribution in [2.45, 2.75) is 26.3 Å². The molecule has 1 fully saturated rings. The average molecular weight is 288 g/mol. The molecule has 2 nitrogen and oxygen atoms in total. The maximum atomic E-state index is 6.35. The minimum atomic E-state index is 0.278. The summed E-state index contributed by atoms with van der Waals surface area (Å²) < 4.78 is 5.45. The monoisotopic (exact) mass is 287 g/mol.